The topological polar surface area (TPSA) is 90.5 Å². The summed E-state index contributed by atoms with van der Waals surface area (Å²) in [6.45, 7) is 10.0. The molecule has 26 heavy (non-hydrogen) atoms. The molecule has 0 heterocycles. The number of para-hydroxylation sites is 1. The standard InChI is InChI=1S/C19H30N4O3/c1-6-11-23(13-17(25)21-18(26)22-19(3,4)5)12-16(24)20-15-10-8-7-9-14(15)2/h7-10H,6,11-13H2,1-5H3,(H,20,24)(H2,21,22,25,26). The van der Waals surface area contributed by atoms with E-state index in [2.05, 4.69) is 16.0 Å². The van der Waals surface area contributed by atoms with Crippen LogP contribution in [0.3, 0.4) is 0 Å². The lowest BCUT2D eigenvalue weighted by molar-refractivity contribution is -0.122. The molecule has 1 aromatic rings. The van der Waals surface area contributed by atoms with Gasteiger partial charge in [0.15, 0.2) is 0 Å². The number of benzene rings is 1. The van der Waals surface area contributed by atoms with Crippen molar-refractivity contribution in [2.45, 2.75) is 46.6 Å². The van der Waals surface area contributed by atoms with Crippen molar-refractivity contribution in [2.75, 3.05) is 25.0 Å². The molecule has 0 aliphatic heterocycles. The Morgan fingerprint density at radius 3 is 2.23 bits per heavy atom. The van der Waals surface area contributed by atoms with Gasteiger partial charge in [0, 0.05) is 11.2 Å². The van der Waals surface area contributed by atoms with Crippen LogP contribution >= 0.6 is 0 Å². The molecule has 0 fully saturated rings. The molecule has 144 valence electrons. The SMILES string of the molecule is CCCN(CC(=O)NC(=O)NC(C)(C)C)CC(=O)Nc1ccccc1C. The Kier molecular flexibility index (Phi) is 8.25. The van der Waals surface area contributed by atoms with Crippen molar-refractivity contribution < 1.29 is 14.4 Å². The summed E-state index contributed by atoms with van der Waals surface area (Å²) in [5.41, 5.74) is 1.29. The first-order chi connectivity index (χ1) is 12.1. The van der Waals surface area contributed by atoms with Gasteiger partial charge in [-0.3, -0.25) is 19.8 Å². The molecule has 3 N–H and O–H groups in total. The third-order valence-corrected chi connectivity index (χ3v) is 3.43. The summed E-state index contributed by atoms with van der Waals surface area (Å²) >= 11 is 0. The van der Waals surface area contributed by atoms with Gasteiger partial charge in [0.25, 0.3) is 0 Å². The molecule has 1 rings (SSSR count). The van der Waals surface area contributed by atoms with Crippen LogP contribution in [0.5, 0.6) is 0 Å². The van der Waals surface area contributed by atoms with Crippen LogP contribution in [-0.2, 0) is 9.59 Å². The number of hydrogen-bond donors (Lipinski definition) is 3. The summed E-state index contributed by atoms with van der Waals surface area (Å²) in [6.07, 6.45) is 0.791. The van der Waals surface area contributed by atoms with E-state index in [1.54, 1.807) is 4.90 Å². The van der Waals surface area contributed by atoms with Crippen LogP contribution in [0.4, 0.5) is 10.5 Å². The van der Waals surface area contributed by atoms with Crippen molar-refractivity contribution in [3.05, 3.63) is 29.8 Å². The molecule has 1 aromatic carbocycles. The average Bonchev–Trinajstić information content (AvgIpc) is 2.47. The zero-order valence-corrected chi connectivity index (χ0v) is 16.3. The number of rotatable bonds is 7. The Labute approximate surface area is 155 Å². The Bertz CT molecular complexity index is 638. The lowest BCUT2D eigenvalue weighted by Gasteiger charge is -2.23. The van der Waals surface area contributed by atoms with E-state index >= 15 is 0 Å². The first kappa shape index (κ1) is 21.6. The van der Waals surface area contributed by atoms with Crippen molar-refractivity contribution in [3.63, 3.8) is 0 Å². The summed E-state index contributed by atoms with van der Waals surface area (Å²) in [6, 6.07) is 6.97. The predicted molar refractivity (Wildman–Crippen MR) is 103 cm³/mol. The van der Waals surface area contributed by atoms with Crippen LogP contribution in [0, 0.1) is 6.92 Å². The van der Waals surface area contributed by atoms with Crippen molar-refractivity contribution >= 4 is 23.5 Å². The van der Waals surface area contributed by atoms with E-state index in [-0.39, 0.29) is 19.0 Å². The number of hydrogen-bond acceptors (Lipinski definition) is 4. The summed E-state index contributed by atoms with van der Waals surface area (Å²) in [5.74, 6) is -0.636. The molecule has 7 nitrogen and oxygen atoms in total. The maximum absolute atomic E-state index is 12.3. The van der Waals surface area contributed by atoms with Gasteiger partial charge < -0.3 is 10.6 Å². The van der Waals surface area contributed by atoms with Gasteiger partial charge in [0.05, 0.1) is 13.1 Å². The first-order valence-electron chi connectivity index (χ1n) is 8.80. The highest BCUT2D eigenvalue weighted by molar-refractivity contribution is 5.96. The minimum absolute atomic E-state index is 0.0212. The number of carbonyl (C=O) groups excluding carboxylic acids is 3. The van der Waals surface area contributed by atoms with Gasteiger partial charge in [-0.1, -0.05) is 25.1 Å². The van der Waals surface area contributed by atoms with Crippen molar-refractivity contribution in [1.29, 1.82) is 0 Å². The van der Waals surface area contributed by atoms with Crippen LogP contribution in [0.1, 0.15) is 39.7 Å². The number of carbonyl (C=O) groups is 3. The summed E-state index contributed by atoms with van der Waals surface area (Å²) in [4.78, 5) is 37.8. The van der Waals surface area contributed by atoms with Gasteiger partial charge in [-0.05, 0) is 52.3 Å². The number of imide groups is 1. The van der Waals surface area contributed by atoms with Crippen LogP contribution in [-0.4, -0.2) is 47.9 Å². The number of nitrogens with zero attached hydrogens (tertiary/aromatic N) is 1. The van der Waals surface area contributed by atoms with Crippen LogP contribution in [0.25, 0.3) is 0 Å². The van der Waals surface area contributed by atoms with Gasteiger partial charge >= 0.3 is 6.03 Å². The third kappa shape index (κ3) is 8.62. The van der Waals surface area contributed by atoms with Crippen LogP contribution < -0.4 is 16.0 Å². The normalized spacial score (nSPS) is 11.2. The molecule has 4 amide bonds. The lowest BCUT2D eigenvalue weighted by atomic mass is 10.1. The molecule has 0 aliphatic carbocycles. The Hall–Kier alpha value is -2.41. The molecular formula is C19H30N4O3. The highest BCUT2D eigenvalue weighted by Crippen LogP contribution is 2.12. The largest absolute Gasteiger partial charge is 0.333 e. The fourth-order valence-electron chi connectivity index (χ4n) is 2.38. The summed E-state index contributed by atoms with van der Waals surface area (Å²) < 4.78 is 0. The zero-order valence-electron chi connectivity index (χ0n) is 16.3. The lowest BCUT2D eigenvalue weighted by Crippen LogP contribution is -2.50. The van der Waals surface area contributed by atoms with E-state index in [0.29, 0.717) is 6.54 Å². The van der Waals surface area contributed by atoms with Gasteiger partial charge in [-0.15, -0.1) is 0 Å². The summed E-state index contributed by atoms with van der Waals surface area (Å²) in [5, 5.41) is 7.81. The van der Waals surface area contributed by atoms with Gasteiger partial charge in [-0.25, -0.2) is 4.79 Å². The monoisotopic (exact) mass is 362 g/mol. The Morgan fingerprint density at radius 2 is 1.65 bits per heavy atom. The molecule has 0 aliphatic rings. The fourth-order valence-corrected chi connectivity index (χ4v) is 2.38. The Balaban J connectivity index is 2.57. The highest BCUT2D eigenvalue weighted by atomic mass is 16.2. The van der Waals surface area contributed by atoms with E-state index in [0.717, 1.165) is 17.7 Å². The molecule has 0 saturated carbocycles. The molecule has 0 atom stereocenters. The van der Waals surface area contributed by atoms with Crippen molar-refractivity contribution in [2.24, 2.45) is 0 Å². The molecule has 0 spiro atoms. The minimum Gasteiger partial charge on any atom is -0.333 e. The molecule has 0 aromatic heterocycles. The zero-order chi connectivity index (χ0) is 19.7. The van der Waals surface area contributed by atoms with E-state index in [9.17, 15) is 14.4 Å². The molecule has 0 bridgehead atoms. The second-order valence-corrected chi connectivity index (χ2v) is 7.33. The predicted octanol–water partition coefficient (Wildman–Crippen LogP) is 2.27. The number of aryl methyl sites for hydroxylation is 1. The van der Waals surface area contributed by atoms with Gasteiger partial charge in [0.2, 0.25) is 11.8 Å². The fraction of sp³-hybridized carbons (Fsp3) is 0.526. The number of anilines is 1. The summed E-state index contributed by atoms with van der Waals surface area (Å²) in [7, 11) is 0. The maximum Gasteiger partial charge on any atom is 0.321 e. The van der Waals surface area contributed by atoms with Crippen LogP contribution in [0.2, 0.25) is 0 Å². The van der Waals surface area contributed by atoms with Crippen LogP contribution in [0.15, 0.2) is 24.3 Å². The van der Waals surface area contributed by atoms with E-state index in [1.807, 2.05) is 58.9 Å². The smallest absolute Gasteiger partial charge is 0.321 e. The van der Waals surface area contributed by atoms with Crippen molar-refractivity contribution in [1.82, 2.24) is 15.5 Å². The van der Waals surface area contributed by atoms with Gasteiger partial charge in [-0.2, -0.15) is 0 Å². The van der Waals surface area contributed by atoms with E-state index in [4.69, 9.17) is 0 Å². The average molecular weight is 362 g/mol. The second kappa shape index (κ2) is 9.91. The third-order valence-electron chi connectivity index (χ3n) is 3.43. The quantitative estimate of drug-likeness (QED) is 0.694. The molecule has 0 unspecified atom stereocenters. The second-order valence-electron chi connectivity index (χ2n) is 7.33. The molecule has 0 radical (unpaired) electrons. The number of amides is 4. The molecule has 0 saturated heterocycles. The minimum atomic E-state index is -0.539. The highest BCUT2D eigenvalue weighted by Gasteiger charge is 2.18. The van der Waals surface area contributed by atoms with Gasteiger partial charge in [0.1, 0.15) is 0 Å². The number of nitrogens with one attached hydrogen (secondary N) is 3. The van der Waals surface area contributed by atoms with E-state index in [1.165, 1.54) is 0 Å². The Morgan fingerprint density at radius 1 is 1.04 bits per heavy atom. The first-order valence-corrected chi connectivity index (χ1v) is 8.80. The molecule has 7 heteroatoms. The number of urea groups is 1. The maximum atomic E-state index is 12.3. The molecular weight excluding hydrogens is 332 g/mol. The van der Waals surface area contributed by atoms with E-state index < -0.39 is 17.5 Å². The van der Waals surface area contributed by atoms with Crippen molar-refractivity contribution in [3.8, 4) is 0 Å².